The Hall–Kier alpha value is -2.12. The van der Waals surface area contributed by atoms with Crippen LogP contribution in [0.25, 0.3) is 0 Å². The van der Waals surface area contributed by atoms with Gasteiger partial charge in [-0.15, -0.1) is 17.6 Å². The summed E-state index contributed by atoms with van der Waals surface area (Å²) in [5, 5.41) is 0. The fourth-order valence-electron chi connectivity index (χ4n) is 1.99. The fourth-order valence-corrected chi connectivity index (χ4v) is 1.99. The minimum Gasteiger partial charge on any atom is -0.197 e. The molecule has 0 fully saturated rings. The third kappa shape index (κ3) is 4.88. The number of nitrogens with zero attached hydrogens (tertiary/aromatic N) is 1. The minimum absolute atomic E-state index is 5.56. The Morgan fingerprint density at radius 2 is 0.641 bits per heavy atom. The zero-order chi connectivity index (χ0) is 32.7. The lowest BCUT2D eigenvalue weighted by molar-refractivity contribution is -1.27. The predicted octanol–water partition coefficient (Wildman–Crippen LogP) is 8.84. The molecule has 0 unspecified atom stereocenters. The second kappa shape index (κ2) is 8.94. The van der Waals surface area contributed by atoms with Crippen LogP contribution in [0.2, 0.25) is 0 Å². The van der Waals surface area contributed by atoms with E-state index in [4.69, 9.17) is 0 Å². The molecule has 0 aliphatic carbocycles. The Morgan fingerprint density at radius 1 is 0.385 bits per heavy atom. The van der Waals surface area contributed by atoms with Crippen LogP contribution in [-0.2, 0) is 0 Å². The molecule has 0 aliphatic heterocycles. The average Bonchev–Trinajstić information content (AvgIpc) is 2.63. The zero-order valence-electron chi connectivity index (χ0n) is 16.3. The summed E-state index contributed by atoms with van der Waals surface area (Å²) in [5.74, 6) is -52.1. The maximum Gasteiger partial charge on any atom is 0.541 e. The molecule has 0 heterocycles. The molecule has 1 nitrogen and oxygen atoms in total. The van der Waals surface area contributed by atoms with Crippen molar-refractivity contribution in [2.45, 2.75) is 60.2 Å². The van der Waals surface area contributed by atoms with Crippen molar-refractivity contribution in [3.8, 4) is 0 Å². The lowest BCUT2D eigenvalue weighted by atomic mass is 9.92. The van der Waals surface area contributed by atoms with Crippen LogP contribution in [-0.4, -0.2) is 65.2 Å². The topological polar surface area (TPSA) is 0 Å². The quantitative estimate of drug-likeness (QED) is 0.140. The molecule has 39 heavy (non-hydrogen) atoms. The molecule has 0 amide bonds. The van der Waals surface area contributed by atoms with E-state index in [2.05, 4.69) is 0 Å². The molecule has 27 heteroatoms. The van der Waals surface area contributed by atoms with Gasteiger partial charge in [0.2, 0.25) is 0 Å². The molecule has 0 aliphatic rings. The lowest BCUT2D eigenvalue weighted by Crippen LogP contribution is -2.77. The molecule has 0 atom stereocenters. The van der Waals surface area contributed by atoms with Crippen LogP contribution in [0.1, 0.15) is 0 Å². The summed E-state index contributed by atoms with van der Waals surface area (Å²) in [6.07, 6.45) is -23.5. The van der Waals surface area contributed by atoms with Gasteiger partial charge in [-0.3, -0.25) is 0 Å². The maximum atomic E-state index is 13.4. The van der Waals surface area contributed by atoms with Crippen molar-refractivity contribution < 1.29 is 119 Å². The van der Waals surface area contributed by atoms with Crippen molar-refractivity contribution in [1.29, 1.82) is 0 Å². The van der Waals surface area contributed by atoms with E-state index in [0.717, 1.165) is 0 Å². The van der Waals surface area contributed by atoms with Gasteiger partial charge in [-0.05, 0) is 0 Å². The van der Waals surface area contributed by atoms with Gasteiger partial charge in [0.1, 0.15) is 0 Å². The Balaban J connectivity index is 7.43. The van der Waals surface area contributed by atoms with Crippen LogP contribution in [0, 0.1) is 0 Å². The Bertz CT molecular complexity index is 921. The van der Waals surface area contributed by atoms with E-state index in [1.807, 2.05) is 0 Å². The molecule has 0 bridgehead atoms. The van der Waals surface area contributed by atoms with Crippen LogP contribution in [0.15, 0.2) is 11.4 Å². The van der Waals surface area contributed by atoms with Gasteiger partial charge in [0.15, 0.2) is 10.5 Å². The normalized spacial score (nSPS) is 16.5. The predicted molar refractivity (Wildman–Crippen MR) is 63.4 cm³/mol. The fraction of sp³-hybridized carbons (Fsp3) is 0.833. The third-order valence-corrected chi connectivity index (χ3v) is 4.07. The van der Waals surface area contributed by atoms with Gasteiger partial charge in [-0.1, -0.05) is 0 Å². The highest BCUT2D eigenvalue weighted by atomic mass is 19.5. The van der Waals surface area contributed by atoms with Gasteiger partial charge in [0.25, 0.3) is 5.83 Å². The van der Waals surface area contributed by atoms with Gasteiger partial charge < -0.3 is 0 Å². The summed E-state index contributed by atoms with van der Waals surface area (Å²) < 4.78 is 333. The van der Waals surface area contributed by atoms with Crippen LogP contribution in [0.3, 0.4) is 0 Å². The Labute approximate surface area is 192 Å². The van der Waals surface area contributed by atoms with E-state index in [1.54, 1.807) is 0 Å². The molecule has 0 N–H and O–H groups in total. The molecule has 0 aromatic heterocycles. The van der Waals surface area contributed by atoms with Crippen molar-refractivity contribution in [3.05, 3.63) is 11.4 Å². The second-order valence-corrected chi connectivity index (χ2v) is 6.65. The average molecular weight is 652 g/mol. The van der Waals surface area contributed by atoms with Crippen molar-refractivity contribution >= 4 is 0 Å². The first-order valence-corrected chi connectivity index (χ1v) is 7.82. The monoisotopic (exact) mass is 652 g/mol. The molecule has 0 spiro atoms. The molecule has 0 saturated heterocycles. The highest BCUT2D eigenvalue weighted by molar-refractivity contribution is 5.23. The maximum absolute atomic E-state index is 13.4. The molecule has 0 saturated carbocycles. The van der Waals surface area contributed by atoms with E-state index >= 15 is 0 Å². The van der Waals surface area contributed by atoms with Crippen molar-refractivity contribution in [2.24, 2.45) is 0 Å². The number of alkyl halides is 23. The smallest absolute Gasteiger partial charge is 0.197 e. The second-order valence-electron chi connectivity index (χ2n) is 6.65. The standard InChI is InChI=1S/C12F26N/c13-2(1(3(14,15)16)4(17,18)19)5(20,21)39(37,38)12(35,36)10(30,31)8(26,27)6(22,23)7(24,25)9(28,29)11(32,33)34/q+1. The first kappa shape index (κ1) is 36.9. The summed E-state index contributed by atoms with van der Waals surface area (Å²) >= 11 is 0. The SMILES string of the molecule is FC(=C(C(F)(F)F)C(F)(F)F)C(F)(F)[N+](F)(F)C(F)(F)C(F)(F)C(F)(F)C(F)(F)C(F)(F)C(F)(F)C(F)(F)F. The lowest BCUT2D eigenvalue weighted by Gasteiger charge is -2.41. The van der Waals surface area contributed by atoms with Gasteiger partial charge in [0.05, 0.1) is 8.96 Å². The number of allylic oxidation sites excluding steroid dienone is 1. The third-order valence-electron chi connectivity index (χ3n) is 4.07. The molecular formula is C12F26N+. The van der Waals surface area contributed by atoms with Crippen molar-refractivity contribution in [2.75, 3.05) is 0 Å². The van der Waals surface area contributed by atoms with E-state index in [1.165, 1.54) is 0 Å². The summed E-state index contributed by atoms with van der Waals surface area (Å²) in [7, 11) is 0. The molecule has 0 rings (SSSR count). The first-order chi connectivity index (χ1) is 16.3. The first-order valence-electron chi connectivity index (χ1n) is 7.82. The highest BCUT2D eigenvalue weighted by Crippen LogP contribution is 2.65. The summed E-state index contributed by atoms with van der Waals surface area (Å²) in [5.41, 5.74) is -5.56. The molecule has 0 aromatic rings. The van der Waals surface area contributed by atoms with Gasteiger partial charge in [-0.25, -0.2) is 0 Å². The Morgan fingerprint density at radius 3 is 0.897 bits per heavy atom. The van der Waals surface area contributed by atoms with Crippen molar-refractivity contribution in [1.82, 2.24) is 0 Å². The highest BCUT2D eigenvalue weighted by Gasteiger charge is 2.99. The van der Waals surface area contributed by atoms with E-state index in [0.29, 0.717) is 0 Å². The number of quaternary nitrogens is 1. The van der Waals surface area contributed by atoms with E-state index in [9.17, 15) is 114 Å². The Kier molecular flexibility index (Phi) is 8.45. The number of halogens is 26. The van der Waals surface area contributed by atoms with Gasteiger partial charge >= 0.3 is 60.2 Å². The summed E-state index contributed by atoms with van der Waals surface area (Å²) in [6.45, 7) is 0. The number of hydrogen-bond acceptors (Lipinski definition) is 0. The van der Waals surface area contributed by atoms with Crippen molar-refractivity contribution in [3.63, 3.8) is 0 Å². The van der Waals surface area contributed by atoms with Crippen LogP contribution in [0.4, 0.5) is 114 Å². The van der Waals surface area contributed by atoms with Gasteiger partial charge in [-0.2, -0.15) is 87.8 Å². The zero-order valence-corrected chi connectivity index (χ0v) is 16.3. The van der Waals surface area contributed by atoms with Crippen LogP contribution in [0.5, 0.6) is 0 Å². The minimum atomic E-state index is -9.56. The molecular weight excluding hydrogens is 652 g/mol. The molecule has 0 radical (unpaired) electrons. The largest absolute Gasteiger partial charge is 0.541 e. The van der Waals surface area contributed by atoms with Crippen LogP contribution < -0.4 is 0 Å². The van der Waals surface area contributed by atoms with Gasteiger partial charge in [0, 0.05) is 0 Å². The summed E-state index contributed by atoms with van der Waals surface area (Å²) in [4.78, 5) is -8.35. The molecule has 234 valence electrons. The molecule has 0 aromatic carbocycles. The van der Waals surface area contributed by atoms with Crippen LogP contribution >= 0.6 is 0 Å². The van der Waals surface area contributed by atoms with E-state index < -0.39 is 76.6 Å². The summed E-state index contributed by atoms with van der Waals surface area (Å²) in [6, 6.07) is -18.3. The number of hydrogen-bond donors (Lipinski definition) is 0. The van der Waals surface area contributed by atoms with E-state index in [-0.39, 0.29) is 0 Å². The number of rotatable bonds is 8.